The van der Waals surface area contributed by atoms with Gasteiger partial charge in [-0.05, 0) is 60.6 Å². The van der Waals surface area contributed by atoms with Crippen LogP contribution in [0.1, 0.15) is 65.9 Å². The molecule has 0 aliphatic carbocycles. The highest BCUT2D eigenvalue weighted by molar-refractivity contribution is 5.95. The summed E-state index contributed by atoms with van der Waals surface area (Å²) in [5.74, 6) is -0.245. The van der Waals surface area contributed by atoms with Crippen molar-refractivity contribution in [3.63, 3.8) is 0 Å². The molecule has 1 aliphatic rings. The van der Waals surface area contributed by atoms with Crippen LogP contribution < -0.4 is 5.32 Å². The van der Waals surface area contributed by atoms with Crippen molar-refractivity contribution >= 4 is 11.8 Å². The average Bonchev–Trinajstić information content (AvgIpc) is 3.40. The van der Waals surface area contributed by atoms with Crippen LogP contribution in [0.25, 0.3) is 0 Å². The van der Waals surface area contributed by atoms with E-state index in [0.717, 1.165) is 43.2 Å². The molecule has 0 unspecified atom stereocenters. The zero-order valence-electron chi connectivity index (χ0n) is 19.1. The van der Waals surface area contributed by atoms with E-state index in [2.05, 4.69) is 41.5 Å². The van der Waals surface area contributed by atoms with Crippen molar-refractivity contribution in [2.75, 3.05) is 6.54 Å². The van der Waals surface area contributed by atoms with Gasteiger partial charge in [-0.25, -0.2) is 0 Å². The van der Waals surface area contributed by atoms with Gasteiger partial charge in [0.1, 0.15) is 6.04 Å². The molecule has 2 aromatic heterocycles. The average molecular weight is 446 g/mol. The van der Waals surface area contributed by atoms with E-state index in [0.29, 0.717) is 13.0 Å². The molecule has 0 saturated carbocycles. The van der Waals surface area contributed by atoms with Gasteiger partial charge in [-0.2, -0.15) is 0 Å². The predicted octanol–water partition coefficient (Wildman–Crippen LogP) is 4.72. The fourth-order valence-corrected chi connectivity index (χ4v) is 4.52. The largest absolute Gasteiger partial charge is 0.459 e. The molecule has 1 saturated heterocycles. The summed E-state index contributed by atoms with van der Waals surface area (Å²) in [4.78, 5) is 32.8. The molecule has 1 N–H and O–H groups in total. The molecule has 0 bridgehead atoms. The summed E-state index contributed by atoms with van der Waals surface area (Å²) < 4.78 is 5.26. The Morgan fingerprint density at radius 1 is 1.12 bits per heavy atom. The molecule has 2 amide bonds. The summed E-state index contributed by atoms with van der Waals surface area (Å²) >= 11 is 0. The summed E-state index contributed by atoms with van der Waals surface area (Å²) in [6.07, 6.45) is 10.5. The first-order valence-electron chi connectivity index (χ1n) is 11.8. The Balaban J connectivity index is 1.58. The molecule has 0 spiro atoms. The normalized spacial score (nSPS) is 16.9. The lowest BCUT2D eigenvalue weighted by Gasteiger charge is -2.38. The molecule has 1 aromatic carbocycles. The summed E-state index contributed by atoms with van der Waals surface area (Å²) in [5.41, 5.74) is 3.32. The van der Waals surface area contributed by atoms with Gasteiger partial charge >= 0.3 is 0 Å². The molecule has 1 aliphatic heterocycles. The molecule has 3 aromatic rings. The lowest BCUT2D eigenvalue weighted by molar-refractivity contribution is -0.137. The lowest BCUT2D eigenvalue weighted by atomic mass is 9.94. The lowest BCUT2D eigenvalue weighted by Crippen LogP contribution is -2.51. The van der Waals surface area contributed by atoms with Gasteiger partial charge in [0.15, 0.2) is 5.76 Å². The summed E-state index contributed by atoms with van der Waals surface area (Å²) in [5, 5.41) is 2.94. The molecule has 6 heteroatoms. The third-order valence-corrected chi connectivity index (χ3v) is 6.20. The maximum absolute atomic E-state index is 13.8. The fourth-order valence-electron chi connectivity index (χ4n) is 4.52. The number of aryl methyl sites for hydroxylation is 1. The van der Waals surface area contributed by atoms with E-state index in [1.165, 1.54) is 11.8 Å². The maximum atomic E-state index is 13.8. The molecule has 4 rings (SSSR count). The first-order valence-corrected chi connectivity index (χ1v) is 11.8. The standard InChI is InChI=1S/C27H31N3O3/c1-2-7-20-11-13-21(14-12-20)18-23(29-26(31)25-10-6-17-33-25)27(32)30-16-4-3-9-24(30)22-8-5-15-28-19-22/h5-6,8,10-15,17,19,23-24H,2-4,7,9,16,18H2,1H3,(H,29,31)/t23-,24+/m0/s1. The third kappa shape index (κ3) is 5.69. The van der Waals surface area contributed by atoms with E-state index in [1.54, 1.807) is 18.3 Å². The van der Waals surface area contributed by atoms with Gasteiger partial charge in [0.25, 0.3) is 5.91 Å². The monoisotopic (exact) mass is 445 g/mol. The van der Waals surface area contributed by atoms with Crippen molar-refractivity contribution in [2.45, 2.75) is 57.5 Å². The van der Waals surface area contributed by atoms with Crippen molar-refractivity contribution < 1.29 is 14.0 Å². The van der Waals surface area contributed by atoms with Gasteiger partial charge in [0, 0.05) is 25.4 Å². The Bertz CT molecular complexity index is 1030. The number of aromatic nitrogens is 1. The van der Waals surface area contributed by atoms with E-state index in [9.17, 15) is 9.59 Å². The number of piperidine rings is 1. The second kappa shape index (κ2) is 10.9. The smallest absolute Gasteiger partial charge is 0.287 e. The van der Waals surface area contributed by atoms with Gasteiger partial charge in [-0.3, -0.25) is 14.6 Å². The highest BCUT2D eigenvalue weighted by atomic mass is 16.3. The number of hydrogen-bond donors (Lipinski definition) is 1. The van der Waals surface area contributed by atoms with Crippen molar-refractivity contribution in [2.24, 2.45) is 0 Å². The van der Waals surface area contributed by atoms with Crippen LogP contribution in [0.3, 0.4) is 0 Å². The molecule has 33 heavy (non-hydrogen) atoms. The maximum Gasteiger partial charge on any atom is 0.287 e. The van der Waals surface area contributed by atoms with E-state index in [1.807, 2.05) is 23.2 Å². The summed E-state index contributed by atoms with van der Waals surface area (Å²) in [6, 6.07) is 14.8. The quantitative estimate of drug-likeness (QED) is 0.544. The number of furan rings is 1. The molecule has 1 fully saturated rings. The van der Waals surface area contributed by atoms with Gasteiger partial charge in [-0.1, -0.05) is 43.7 Å². The van der Waals surface area contributed by atoms with Gasteiger partial charge in [0.05, 0.1) is 12.3 Å². The van der Waals surface area contributed by atoms with Crippen LogP contribution in [0.4, 0.5) is 0 Å². The Morgan fingerprint density at radius 3 is 2.64 bits per heavy atom. The van der Waals surface area contributed by atoms with Crippen LogP contribution in [0.2, 0.25) is 0 Å². The zero-order valence-corrected chi connectivity index (χ0v) is 19.1. The number of amides is 2. The number of carbonyl (C=O) groups excluding carboxylic acids is 2. The number of rotatable bonds is 8. The van der Waals surface area contributed by atoms with Gasteiger partial charge in [-0.15, -0.1) is 0 Å². The highest BCUT2D eigenvalue weighted by Crippen LogP contribution is 2.31. The Labute approximate surface area is 195 Å². The molecule has 3 heterocycles. The topological polar surface area (TPSA) is 75.4 Å². The number of nitrogens with one attached hydrogen (secondary N) is 1. The summed E-state index contributed by atoms with van der Waals surface area (Å²) in [7, 11) is 0. The van der Waals surface area contributed by atoms with Crippen LogP contribution in [0.15, 0.2) is 71.6 Å². The van der Waals surface area contributed by atoms with Crippen LogP contribution in [0.5, 0.6) is 0 Å². The van der Waals surface area contributed by atoms with E-state index >= 15 is 0 Å². The first-order chi connectivity index (χ1) is 16.2. The number of likely N-dealkylation sites (tertiary alicyclic amines) is 1. The number of nitrogens with zero attached hydrogens (tertiary/aromatic N) is 2. The van der Waals surface area contributed by atoms with Crippen LogP contribution in [0, 0.1) is 0 Å². The molecule has 2 atom stereocenters. The Kier molecular flexibility index (Phi) is 7.55. The number of pyridine rings is 1. The van der Waals surface area contributed by atoms with E-state index < -0.39 is 6.04 Å². The number of benzene rings is 1. The van der Waals surface area contributed by atoms with Crippen molar-refractivity contribution in [1.29, 1.82) is 0 Å². The van der Waals surface area contributed by atoms with E-state index in [4.69, 9.17) is 4.42 Å². The minimum Gasteiger partial charge on any atom is -0.459 e. The SMILES string of the molecule is CCCc1ccc(C[C@H](NC(=O)c2ccco2)C(=O)N2CCCC[C@@H]2c2cccnc2)cc1. The number of hydrogen-bond acceptors (Lipinski definition) is 4. The summed E-state index contributed by atoms with van der Waals surface area (Å²) in [6.45, 7) is 2.82. The molecule has 0 radical (unpaired) electrons. The first kappa shape index (κ1) is 22.8. The van der Waals surface area contributed by atoms with E-state index in [-0.39, 0.29) is 23.6 Å². The minimum atomic E-state index is -0.683. The fraction of sp³-hybridized carbons (Fsp3) is 0.370. The molecule has 172 valence electrons. The predicted molar refractivity (Wildman–Crippen MR) is 127 cm³/mol. The van der Waals surface area contributed by atoms with Crippen LogP contribution in [-0.2, 0) is 17.6 Å². The van der Waals surface area contributed by atoms with Crippen molar-refractivity contribution in [3.05, 3.63) is 89.6 Å². The molecular weight excluding hydrogens is 414 g/mol. The second-order valence-corrected chi connectivity index (χ2v) is 8.60. The Morgan fingerprint density at radius 2 is 1.94 bits per heavy atom. The second-order valence-electron chi connectivity index (χ2n) is 8.60. The van der Waals surface area contributed by atoms with Gasteiger partial charge < -0.3 is 14.6 Å². The van der Waals surface area contributed by atoms with Crippen molar-refractivity contribution in [3.8, 4) is 0 Å². The van der Waals surface area contributed by atoms with Crippen LogP contribution >= 0.6 is 0 Å². The molecular formula is C27H31N3O3. The number of carbonyl (C=O) groups is 2. The zero-order chi connectivity index (χ0) is 23.0. The highest BCUT2D eigenvalue weighted by Gasteiger charge is 2.34. The van der Waals surface area contributed by atoms with Gasteiger partial charge in [0.2, 0.25) is 5.91 Å². The van der Waals surface area contributed by atoms with Crippen molar-refractivity contribution in [1.82, 2.24) is 15.2 Å². The van der Waals surface area contributed by atoms with Crippen LogP contribution in [-0.4, -0.2) is 34.3 Å². The minimum absolute atomic E-state index is 0.0325. The Hall–Kier alpha value is -3.41. The third-order valence-electron chi connectivity index (χ3n) is 6.20. The molecule has 6 nitrogen and oxygen atoms in total.